The highest BCUT2D eigenvalue weighted by molar-refractivity contribution is 6.76. The zero-order valence-electron chi connectivity index (χ0n) is 16.4. The van der Waals surface area contributed by atoms with Crippen molar-refractivity contribution in [3.63, 3.8) is 0 Å². The first-order chi connectivity index (χ1) is 11.2. The molecule has 0 spiro atoms. The molecule has 1 aliphatic heterocycles. The minimum Gasteiger partial charge on any atom is -0.356 e. The highest BCUT2D eigenvalue weighted by atomic mass is 28.3. The van der Waals surface area contributed by atoms with Crippen molar-refractivity contribution in [3.8, 4) is 0 Å². The van der Waals surface area contributed by atoms with Crippen molar-refractivity contribution < 1.29 is 18.9 Å². The lowest BCUT2D eigenvalue weighted by atomic mass is 9.96. The Kier molecular flexibility index (Phi) is 9.45. The number of hydrogen-bond acceptors (Lipinski definition) is 4. The lowest BCUT2D eigenvalue weighted by Gasteiger charge is -2.24. The van der Waals surface area contributed by atoms with E-state index < -0.39 is 8.07 Å². The first kappa shape index (κ1) is 21.6. The van der Waals surface area contributed by atoms with Crippen molar-refractivity contribution >= 4 is 8.07 Å². The molecule has 5 heteroatoms. The van der Waals surface area contributed by atoms with Crippen molar-refractivity contribution in [1.29, 1.82) is 0 Å². The summed E-state index contributed by atoms with van der Waals surface area (Å²) >= 11 is 0. The Morgan fingerprint density at radius 2 is 1.88 bits per heavy atom. The van der Waals surface area contributed by atoms with Crippen LogP contribution in [0.1, 0.15) is 27.2 Å². The Hall–Kier alpha value is -0.463. The molecule has 1 fully saturated rings. The molecule has 2 atom stereocenters. The summed E-state index contributed by atoms with van der Waals surface area (Å²) in [5.41, 5.74) is 2.23. The zero-order chi connectivity index (χ0) is 18.2. The van der Waals surface area contributed by atoms with Crippen molar-refractivity contribution in [2.24, 2.45) is 5.92 Å². The molecule has 0 radical (unpaired) electrons. The predicted octanol–water partition coefficient (Wildman–Crippen LogP) is 4.61. The van der Waals surface area contributed by atoms with Gasteiger partial charge in [-0.05, 0) is 31.9 Å². The molecule has 1 saturated heterocycles. The Bertz CT molecular complexity index is 408. The third kappa shape index (κ3) is 9.13. The summed E-state index contributed by atoms with van der Waals surface area (Å²) in [7, 11) is -1.05. The van der Waals surface area contributed by atoms with Gasteiger partial charge in [-0.2, -0.15) is 0 Å². The van der Waals surface area contributed by atoms with Crippen LogP contribution in [0.5, 0.6) is 0 Å². The van der Waals surface area contributed by atoms with E-state index in [1.807, 2.05) is 6.92 Å². The maximum absolute atomic E-state index is 6.00. The van der Waals surface area contributed by atoms with E-state index in [4.69, 9.17) is 18.9 Å². The van der Waals surface area contributed by atoms with Crippen LogP contribution in [-0.2, 0) is 18.9 Å². The number of ether oxygens (including phenoxy) is 4. The van der Waals surface area contributed by atoms with Crippen LogP contribution in [0.3, 0.4) is 0 Å². The summed E-state index contributed by atoms with van der Waals surface area (Å²) in [5.74, 6) is 0.245. The van der Waals surface area contributed by atoms with E-state index in [1.165, 1.54) is 0 Å². The average Bonchev–Trinajstić information content (AvgIpc) is 2.98. The quantitative estimate of drug-likeness (QED) is 0.234. The van der Waals surface area contributed by atoms with Crippen LogP contribution >= 0.6 is 0 Å². The third-order valence-corrected chi connectivity index (χ3v) is 5.72. The normalized spacial score (nSPS) is 19.5. The minimum atomic E-state index is -1.05. The standard InChI is InChI=1S/C19H36O4Si/c1-15(2)12-18(23-14-20-10-11-24(5,6)7)16(3)13-17(4)19-21-8-9-22-19/h13,16,18-19H,1,8-12,14H2,2-7H3/t16?,18-/m1/s1. The molecule has 0 aromatic carbocycles. The molecular formula is C19H36O4Si. The molecule has 1 unspecified atom stereocenters. The molecule has 24 heavy (non-hydrogen) atoms. The van der Waals surface area contributed by atoms with Crippen LogP contribution in [0.25, 0.3) is 0 Å². The van der Waals surface area contributed by atoms with Crippen LogP contribution in [-0.4, -0.2) is 47.1 Å². The van der Waals surface area contributed by atoms with E-state index in [1.54, 1.807) is 0 Å². The van der Waals surface area contributed by atoms with E-state index in [-0.39, 0.29) is 18.3 Å². The summed E-state index contributed by atoms with van der Waals surface area (Å²) < 4.78 is 22.8. The molecule has 0 saturated carbocycles. The maximum Gasteiger partial charge on any atom is 0.179 e. The van der Waals surface area contributed by atoms with E-state index in [9.17, 15) is 0 Å². The fourth-order valence-corrected chi connectivity index (χ4v) is 3.29. The van der Waals surface area contributed by atoms with Crippen LogP contribution in [0.15, 0.2) is 23.8 Å². The fraction of sp³-hybridized carbons (Fsp3) is 0.789. The smallest absolute Gasteiger partial charge is 0.179 e. The minimum absolute atomic E-state index is 0.0609. The van der Waals surface area contributed by atoms with E-state index in [2.05, 4.69) is 46.1 Å². The Balaban J connectivity index is 2.47. The van der Waals surface area contributed by atoms with Gasteiger partial charge in [-0.25, -0.2) is 0 Å². The van der Waals surface area contributed by atoms with Crippen LogP contribution in [0.4, 0.5) is 0 Å². The molecule has 1 aliphatic rings. The molecule has 0 bridgehead atoms. The van der Waals surface area contributed by atoms with Crippen LogP contribution in [0, 0.1) is 5.92 Å². The third-order valence-electron chi connectivity index (χ3n) is 4.02. The van der Waals surface area contributed by atoms with Crippen molar-refractivity contribution in [2.45, 2.75) is 65.3 Å². The van der Waals surface area contributed by atoms with Crippen LogP contribution < -0.4 is 0 Å². The lowest BCUT2D eigenvalue weighted by Crippen LogP contribution is -2.25. The summed E-state index contributed by atoms with van der Waals surface area (Å²) in [4.78, 5) is 0. The molecule has 0 aromatic heterocycles. The molecule has 0 amide bonds. The van der Waals surface area contributed by atoms with Gasteiger partial charge in [-0.3, -0.25) is 0 Å². The lowest BCUT2D eigenvalue weighted by molar-refractivity contribution is -0.0960. The molecule has 0 aromatic rings. The van der Waals surface area contributed by atoms with Gasteiger partial charge in [0.2, 0.25) is 0 Å². The monoisotopic (exact) mass is 356 g/mol. The molecule has 0 aliphatic carbocycles. The fourth-order valence-electron chi connectivity index (χ4n) is 2.53. The number of rotatable bonds is 11. The first-order valence-corrected chi connectivity index (χ1v) is 12.6. The van der Waals surface area contributed by atoms with Gasteiger partial charge < -0.3 is 18.9 Å². The maximum atomic E-state index is 6.00. The van der Waals surface area contributed by atoms with Gasteiger partial charge in [0.15, 0.2) is 6.29 Å². The Labute approximate surface area is 149 Å². The molecule has 4 nitrogen and oxygen atoms in total. The topological polar surface area (TPSA) is 36.9 Å². The molecule has 0 N–H and O–H groups in total. The summed E-state index contributed by atoms with van der Waals surface area (Å²) in [5, 5.41) is 0. The van der Waals surface area contributed by atoms with E-state index >= 15 is 0 Å². The SMILES string of the molecule is C=C(C)C[C@@H](OCOCC[Si](C)(C)C)C(C)C=C(C)C1OCCO1. The largest absolute Gasteiger partial charge is 0.356 e. The van der Waals surface area contributed by atoms with Gasteiger partial charge in [0, 0.05) is 20.6 Å². The molecular weight excluding hydrogens is 320 g/mol. The summed E-state index contributed by atoms with van der Waals surface area (Å²) in [6.07, 6.45) is 2.87. The van der Waals surface area contributed by atoms with Crippen LogP contribution in [0.2, 0.25) is 25.7 Å². The second-order valence-corrected chi connectivity index (χ2v) is 13.7. The van der Waals surface area contributed by atoms with Gasteiger partial charge in [0.1, 0.15) is 6.79 Å². The van der Waals surface area contributed by atoms with Gasteiger partial charge in [0.25, 0.3) is 0 Å². The van der Waals surface area contributed by atoms with Crippen molar-refractivity contribution in [2.75, 3.05) is 26.6 Å². The van der Waals surface area contributed by atoms with Gasteiger partial charge in [-0.15, -0.1) is 6.58 Å². The highest BCUT2D eigenvalue weighted by Gasteiger charge is 2.22. The summed E-state index contributed by atoms with van der Waals surface area (Å²) in [6.45, 7) is 19.8. The van der Waals surface area contributed by atoms with Gasteiger partial charge in [0.05, 0.1) is 19.3 Å². The molecule has 1 rings (SSSR count). The molecule has 1 heterocycles. The van der Waals surface area contributed by atoms with E-state index in [0.29, 0.717) is 20.0 Å². The predicted molar refractivity (Wildman–Crippen MR) is 102 cm³/mol. The van der Waals surface area contributed by atoms with Gasteiger partial charge >= 0.3 is 0 Å². The number of hydrogen-bond donors (Lipinski definition) is 0. The average molecular weight is 357 g/mol. The first-order valence-electron chi connectivity index (χ1n) is 8.94. The van der Waals surface area contributed by atoms with Crippen molar-refractivity contribution in [3.05, 3.63) is 23.8 Å². The van der Waals surface area contributed by atoms with Crippen molar-refractivity contribution in [1.82, 2.24) is 0 Å². The highest BCUT2D eigenvalue weighted by Crippen LogP contribution is 2.22. The van der Waals surface area contributed by atoms with E-state index in [0.717, 1.165) is 30.2 Å². The zero-order valence-corrected chi connectivity index (χ0v) is 17.4. The van der Waals surface area contributed by atoms with Gasteiger partial charge in [-0.1, -0.05) is 38.2 Å². The Morgan fingerprint density at radius 1 is 1.25 bits per heavy atom. The second-order valence-electron chi connectivity index (χ2n) is 8.05. The Morgan fingerprint density at radius 3 is 2.42 bits per heavy atom. The summed E-state index contributed by atoms with van der Waals surface area (Å²) in [6, 6.07) is 1.16. The molecule has 140 valence electrons. The second kappa shape index (κ2) is 10.5.